The van der Waals surface area contributed by atoms with Crippen molar-refractivity contribution in [1.82, 2.24) is 0 Å². The quantitative estimate of drug-likeness (QED) is 0.782. The van der Waals surface area contributed by atoms with Crippen molar-refractivity contribution in [2.24, 2.45) is 11.8 Å². The summed E-state index contributed by atoms with van der Waals surface area (Å²) in [4.78, 5) is 0. The van der Waals surface area contributed by atoms with Gasteiger partial charge in [0.15, 0.2) is 21.3 Å². The first kappa shape index (κ1) is 15.0. The first-order chi connectivity index (χ1) is 9.94. The molecule has 1 saturated heterocycles. The summed E-state index contributed by atoms with van der Waals surface area (Å²) in [5, 5.41) is -0.308. The zero-order valence-corrected chi connectivity index (χ0v) is 13.5. The maximum atomic E-state index is 11.6. The van der Waals surface area contributed by atoms with Gasteiger partial charge >= 0.3 is 0 Å². The average molecular weight is 331 g/mol. The summed E-state index contributed by atoms with van der Waals surface area (Å²) in [7, 11) is -2.92. The SMILES string of the molecule is CC1COc2ccc(C(Cl)C3CCS(=O)(=O)C3)cc2OC1. The molecule has 21 heavy (non-hydrogen) atoms. The van der Waals surface area contributed by atoms with Crippen LogP contribution in [0.1, 0.15) is 24.3 Å². The van der Waals surface area contributed by atoms with Crippen molar-refractivity contribution in [3.05, 3.63) is 23.8 Å². The molecule has 3 unspecified atom stereocenters. The van der Waals surface area contributed by atoms with Crippen LogP contribution in [0, 0.1) is 11.8 Å². The largest absolute Gasteiger partial charge is 0.489 e. The Labute approximate surface area is 130 Å². The number of sulfone groups is 1. The number of alkyl halides is 1. The van der Waals surface area contributed by atoms with E-state index >= 15 is 0 Å². The normalized spacial score (nSPS) is 28.9. The first-order valence-electron chi connectivity index (χ1n) is 7.18. The van der Waals surface area contributed by atoms with Crippen molar-refractivity contribution in [3.63, 3.8) is 0 Å². The molecular weight excluding hydrogens is 312 g/mol. The van der Waals surface area contributed by atoms with Gasteiger partial charge in [0.05, 0.1) is 30.1 Å². The molecular formula is C15H19ClO4S. The van der Waals surface area contributed by atoms with Crippen LogP contribution >= 0.6 is 11.6 Å². The summed E-state index contributed by atoms with van der Waals surface area (Å²) in [5.41, 5.74) is 0.899. The van der Waals surface area contributed by atoms with E-state index in [0.717, 1.165) is 11.3 Å². The second-order valence-corrected chi connectivity index (χ2v) is 8.70. The lowest BCUT2D eigenvalue weighted by Crippen LogP contribution is -2.12. The average Bonchev–Trinajstić information content (AvgIpc) is 2.71. The summed E-state index contributed by atoms with van der Waals surface area (Å²) in [5.74, 6) is 2.15. The van der Waals surface area contributed by atoms with E-state index in [4.69, 9.17) is 21.1 Å². The summed E-state index contributed by atoms with van der Waals surface area (Å²) in [6.07, 6.45) is 0.627. The molecule has 3 atom stereocenters. The molecule has 0 aliphatic carbocycles. The fraction of sp³-hybridized carbons (Fsp3) is 0.600. The van der Waals surface area contributed by atoms with Gasteiger partial charge in [-0.05, 0) is 30.0 Å². The van der Waals surface area contributed by atoms with Gasteiger partial charge in [0.2, 0.25) is 0 Å². The van der Waals surface area contributed by atoms with Gasteiger partial charge in [-0.25, -0.2) is 8.42 Å². The summed E-state index contributed by atoms with van der Waals surface area (Å²) in [6.45, 7) is 3.32. The van der Waals surface area contributed by atoms with Gasteiger partial charge in [-0.15, -0.1) is 11.6 Å². The number of hydrogen-bond donors (Lipinski definition) is 0. The van der Waals surface area contributed by atoms with Crippen molar-refractivity contribution >= 4 is 21.4 Å². The van der Waals surface area contributed by atoms with Gasteiger partial charge in [-0.1, -0.05) is 13.0 Å². The Kier molecular flexibility index (Phi) is 4.06. The van der Waals surface area contributed by atoms with Gasteiger partial charge in [-0.3, -0.25) is 0 Å². The molecule has 0 bridgehead atoms. The van der Waals surface area contributed by atoms with E-state index in [1.807, 2.05) is 18.2 Å². The third kappa shape index (κ3) is 3.29. The predicted octanol–water partition coefficient (Wildman–Crippen LogP) is 2.81. The maximum Gasteiger partial charge on any atom is 0.161 e. The minimum Gasteiger partial charge on any atom is -0.489 e. The van der Waals surface area contributed by atoms with Crippen LogP contribution in [0.25, 0.3) is 0 Å². The smallest absolute Gasteiger partial charge is 0.161 e. The van der Waals surface area contributed by atoms with E-state index in [1.54, 1.807) is 0 Å². The minimum atomic E-state index is -2.92. The monoisotopic (exact) mass is 330 g/mol. The lowest BCUT2D eigenvalue weighted by atomic mass is 9.98. The second kappa shape index (κ2) is 5.69. The standard InChI is InChI=1S/C15H19ClO4S/c1-10-7-19-13-3-2-11(6-14(13)20-8-10)15(16)12-4-5-21(17,18)9-12/h2-3,6,10,12,15H,4-5,7-9H2,1H3. The Hall–Kier alpha value is -0.940. The molecule has 2 aliphatic rings. The van der Waals surface area contributed by atoms with Crippen molar-refractivity contribution in [3.8, 4) is 11.5 Å². The molecule has 0 amide bonds. The number of benzene rings is 1. The van der Waals surface area contributed by atoms with Crippen LogP contribution < -0.4 is 9.47 Å². The zero-order valence-electron chi connectivity index (χ0n) is 11.9. The van der Waals surface area contributed by atoms with Crippen molar-refractivity contribution in [1.29, 1.82) is 0 Å². The van der Waals surface area contributed by atoms with Gasteiger partial charge < -0.3 is 9.47 Å². The molecule has 1 fully saturated rings. The molecule has 0 aromatic heterocycles. The molecule has 116 valence electrons. The van der Waals surface area contributed by atoms with Gasteiger partial charge in [0, 0.05) is 5.92 Å². The summed E-state index contributed by atoms with van der Waals surface area (Å²) in [6, 6.07) is 5.65. The molecule has 0 saturated carbocycles. The van der Waals surface area contributed by atoms with Crippen LogP contribution in [0.2, 0.25) is 0 Å². The Morgan fingerprint density at radius 2 is 1.95 bits per heavy atom. The fourth-order valence-corrected chi connectivity index (χ4v) is 5.06. The molecule has 0 spiro atoms. The highest BCUT2D eigenvalue weighted by atomic mass is 35.5. The van der Waals surface area contributed by atoms with Crippen LogP contribution in [-0.2, 0) is 9.84 Å². The predicted molar refractivity (Wildman–Crippen MR) is 82.0 cm³/mol. The maximum absolute atomic E-state index is 11.6. The molecule has 4 nitrogen and oxygen atoms in total. The van der Waals surface area contributed by atoms with Crippen molar-refractivity contribution < 1.29 is 17.9 Å². The Morgan fingerprint density at radius 3 is 2.62 bits per heavy atom. The molecule has 1 aromatic carbocycles. The topological polar surface area (TPSA) is 52.6 Å². The van der Waals surface area contributed by atoms with E-state index in [-0.39, 0.29) is 22.8 Å². The number of ether oxygens (including phenoxy) is 2. The summed E-state index contributed by atoms with van der Waals surface area (Å²) < 4.78 is 34.6. The van der Waals surface area contributed by atoms with E-state index < -0.39 is 9.84 Å². The third-order valence-corrected chi connectivity index (χ3v) is 6.42. The van der Waals surface area contributed by atoms with Crippen molar-refractivity contribution in [2.45, 2.75) is 18.7 Å². The Morgan fingerprint density at radius 1 is 1.24 bits per heavy atom. The Balaban J connectivity index is 1.80. The molecule has 0 radical (unpaired) electrons. The molecule has 3 rings (SSSR count). The number of fused-ring (bicyclic) bond motifs is 1. The highest BCUT2D eigenvalue weighted by molar-refractivity contribution is 7.91. The van der Waals surface area contributed by atoms with Crippen LogP contribution in [0.3, 0.4) is 0 Å². The van der Waals surface area contributed by atoms with Crippen LogP contribution in [0.4, 0.5) is 0 Å². The van der Waals surface area contributed by atoms with E-state index in [1.165, 1.54) is 0 Å². The van der Waals surface area contributed by atoms with Crippen molar-refractivity contribution in [2.75, 3.05) is 24.7 Å². The van der Waals surface area contributed by atoms with E-state index in [0.29, 0.717) is 31.3 Å². The fourth-order valence-electron chi connectivity index (χ4n) is 2.77. The van der Waals surface area contributed by atoms with Gasteiger partial charge in [0.25, 0.3) is 0 Å². The number of hydrogen-bond acceptors (Lipinski definition) is 4. The number of halogens is 1. The van der Waals surface area contributed by atoms with Crippen LogP contribution in [0.5, 0.6) is 11.5 Å². The highest BCUT2D eigenvalue weighted by Crippen LogP contribution is 2.40. The minimum absolute atomic E-state index is 0.0275. The van der Waals surface area contributed by atoms with E-state index in [9.17, 15) is 8.42 Å². The molecule has 1 aromatic rings. The lowest BCUT2D eigenvalue weighted by molar-refractivity contribution is 0.228. The molecule has 2 heterocycles. The first-order valence-corrected chi connectivity index (χ1v) is 9.44. The molecule has 6 heteroatoms. The van der Waals surface area contributed by atoms with Crippen LogP contribution in [0.15, 0.2) is 18.2 Å². The number of rotatable bonds is 2. The Bertz CT molecular complexity index is 629. The summed E-state index contributed by atoms with van der Waals surface area (Å²) >= 11 is 6.49. The van der Waals surface area contributed by atoms with Crippen LogP contribution in [-0.4, -0.2) is 33.1 Å². The second-order valence-electron chi connectivity index (χ2n) is 6.00. The lowest BCUT2D eigenvalue weighted by Gasteiger charge is -2.17. The molecule has 2 aliphatic heterocycles. The third-order valence-electron chi connectivity index (χ3n) is 4.01. The van der Waals surface area contributed by atoms with Gasteiger partial charge in [0.1, 0.15) is 0 Å². The van der Waals surface area contributed by atoms with E-state index in [2.05, 4.69) is 6.92 Å². The zero-order chi connectivity index (χ0) is 15.0. The highest BCUT2D eigenvalue weighted by Gasteiger charge is 2.34. The van der Waals surface area contributed by atoms with Gasteiger partial charge in [-0.2, -0.15) is 0 Å². The molecule has 0 N–H and O–H groups in total.